The zero-order chi connectivity index (χ0) is 20.5. The number of ether oxygens (including phenoxy) is 2. The first-order valence-corrected chi connectivity index (χ1v) is 8.83. The number of carbonyl (C=O) groups excluding carboxylic acids is 2. The molecule has 0 aliphatic rings. The number of nitrogens with one attached hydrogen (secondary N) is 2. The minimum absolute atomic E-state index is 0.0379. The number of methoxy groups -OCH3 is 1. The molecule has 0 saturated carbocycles. The smallest absolute Gasteiger partial charge is 0.277 e. The van der Waals surface area contributed by atoms with E-state index in [0.29, 0.717) is 22.9 Å². The number of anilines is 1. The van der Waals surface area contributed by atoms with Crippen LogP contribution in [-0.4, -0.2) is 31.2 Å². The van der Waals surface area contributed by atoms with Crippen molar-refractivity contribution < 1.29 is 19.1 Å². The molecule has 0 aliphatic carbocycles. The SMILES string of the molecule is COc1ccc(C)cc1NC(=O)CC(C)=NNC(=O)COc1ccc(C)cc1. The highest BCUT2D eigenvalue weighted by atomic mass is 16.5. The van der Waals surface area contributed by atoms with Crippen LogP contribution in [0.1, 0.15) is 24.5 Å². The Balaban J connectivity index is 1.81. The van der Waals surface area contributed by atoms with Crippen molar-refractivity contribution in [3.8, 4) is 11.5 Å². The van der Waals surface area contributed by atoms with E-state index < -0.39 is 5.91 Å². The molecule has 148 valence electrons. The lowest BCUT2D eigenvalue weighted by molar-refractivity contribution is -0.123. The molecule has 2 N–H and O–H groups in total. The Morgan fingerprint density at radius 2 is 1.68 bits per heavy atom. The Bertz CT molecular complexity index is 860. The lowest BCUT2D eigenvalue weighted by atomic mass is 10.2. The van der Waals surface area contributed by atoms with Crippen LogP contribution in [0.5, 0.6) is 11.5 Å². The van der Waals surface area contributed by atoms with Crippen LogP contribution < -0.4 is 20.2 Å². The molecule has 7 heteroatoms. The number of nitrogens with zero attached hydrogens (tertiary/aromatic N) is 1. The fraction of sp³-hybridized carbons (Fsp3) is 0.286. The van der Waals surface area contributed by atoms with Gasteiger partial charge in [0.1, 0.15) is 11.5 Å². The first kappa shape index (κ1) is 21.0. The van der Waals surface area contributed by atoms with Gasteiger partial charge in [-0.25, -0.2) is 5.43 Å². The summed E-state index contributed by atoms with van der Waals surface area (Å²) >= 11 is 0. The molecule has 0 bridgehead atoms. The van der Waals surface area contributed by atoms with Gasteiger partial charge in [-0.2, -0.15) is 5.10 Å². The van der Waals surface area contributed by atoms with Crippen molar-refractivity contribution in [1.29, 1.82) is 0 Å². The molecule has 2 aromatic rings. The summed E-state index contributed by atoms with van der Waals surface area (Å²) < 4.78 is 10.6. The molecule has 0 radical (unpaired) electrons. The molecule has 0 atom stereocenters. The van der Waals surface area contributed by atoms with Crippen molar-refractivity contribution in [3.05, 3.63) is 53.6 Å². The Morgan fingerprint density at radius 3 is 2.36 bits per heavy atom. The zero-order valence-electron chi connectivity index (χ0n) is 16.5. The van der Waals surface area contributed by atoms with Crippen LogP contribution >= 0.6 is 0 Å². The maximum absolute atomic E-state index is 12.2. The molecule has 0 saturated heterocycles. The molecule has 2 amide bonds. The highest BCUT2D eigenvalue weighted by Crippen LogP contribution is 2.25. The third-order valence-corrected chi connectivity index (χ3v) is 3.81. The molecule has 0 unspecified atom stereocenters. The second-order valence-electron chi connectivity index (χ2n) is 6.41. The van der Waals surface area contributed by atoms with E-state index in [9.17, 15) is 9.59 Å². The third kappa shape index (κ3) is 6.75. The monoisotopic (exact) mass is 383 g/mol. The summed E-state index contributed by atoms with van der Waals surface area (Å²) in [7, 11) is 1.54. The molecule has 0 spiro atoms. The van der Waals surface area contributed by atoms with Gasteiger partial charge in [0.25, 0.3) is 5.91 Å². The summed E-state index contributed by atoms with van der Waals surface area (Å²) in [4.78, 5) is 24.0. The van der Waals surface area contributed by atoms with Crippen LogP contribution in [0.3, 0.4) is 0 Å². The van der Waals surface area contributed by atoms with E-state index in [1.807, 2.05) is 38.1 Å². The fourth-order valence-corrected chi connectivity index (χ4v) is 2.36. The number of benzene rings is 2. The standard InChI is InChI=1S/C21H25N3O4/c1-14-5-8-17(9-6-14)28-13-21(26)24-23-16(3)12-20(25)22-18-11-15(2)7-10-19(18)27-4/h5-11H,12-13H2,1-4H3,(H,22,25)(H,24,26). The molecule has 28 heavy (non-hydrogen) atoms. The van der Waals surface area contributed by atoms with E-state index in [2.05, 4.69) is 15.8 Å². The first-order valence-electron chi connectivity index (χ1n) is 8.83. The number of hydrogen-bond donors (Lipinski definition) is 2. The molecule has 2 rings (SSSR count). The van der Waals surface area contributed by atoms with Gasteiger partial charge in [-0.15, -0.1) is 0 Å². The number of amides is 2. The van der Waals surface area contributed by atoms with Crippen LogP contribution in [0.25, 0.3) is 0 Å². The lowest BCUT2D eigenvalue weighted by Gasteiger charge is -2.11. The summed E-state index contributed by atoms with van der Waals surface area (Å²) in [5, 5.41) is 6.73. The summed E-state index contributed by atoms with van der Waals surface area (Å²) in [6.45, 7) is 5.40. The van der Waals surface area contributed by atoms with Gasteiger partial charge >= 0.3 is 0 Å². The van der Waals surface area contributed by atoms with E-state index in [4.69, 9.17) is 9.47 Å². The van der Waals surface area contributed by atoms with Gasteiger partial charge in [-0.3, -0.25) is 9.59 Å². The third-order valence-electron chi connectivity index (χ3n) is 3.81. The zero-order valence-corrected chi connectivity index (χ0v) is 16.5. The quantitative estimate of drug-likeness (QED) is 0.541. The van der Waals surface area contributed by atoms with Crippen LogP contribution in [0.2, 0.25) is 0 Å². The second kappa shape index (κ2) is 10.1. The van der Waals surface area contributed by atoms with Crippen molar-refractivity contribution in [1.82, 2.24) is 5.43 Å². The number of aryl methyl sites for hydroxylation is 2. The molecule has 0 aromatic heterocycles. The summed E-state index contributed by atoms with van der Waals surface area (Å²) in [6.07, 6.45) is 0.0379. The van der Waals surface area contributed by atoms with Gasteiger partial charge < -0.3 is 14.8 Å². The van der Waals surface area contributed by atoms with Crippen molar-refractivity contribution in [2.75, 3.05) is 19.0 Å². The van der Waals surface area contributed by atoms with E-state index in [-0.39, 0.29) is 18.9 Å². The summed E-state index contributed by atoms with van der Waals surface area (Å²) in [6, 6.07) is 12.9. The maximum Gasteiger partial charge on any atom is 0.277 e. The maximum atomic E-state index is 12.2. The number of carbonyl (C=O) groups is 2. The van der Waals surface area contributed by atoms with E-state index >= 15 is 0 Å². The molecule has 7 nitrogen and oxygen atoms in total. The minimum Gasteiger partial charge on any atom is -0.495 e. The van der Waals surface area contributed by atoms with E-state index in [1.165, 1.54) is 0 Å². The Labute approximate surface area is 164 Å². The predicted octanol–water partition coefficient (Wildman–Crippen LogP) is 3.21. The number of hydrazone groups is 1. The molecule has 0 aliphatic heterocycles. The number of rotatable bonds is 8. The van der Waals surface area contributed by atoms with E-state index in [0.717, 1.165) is 11.1 Å². The highest BCUT2D eigenvalue weighted by molar-refractivity contribution is 6.06. The summed E-state index contributed by atoms with van der Waals surface area (Å²) in [5.41, 5.74) is 5.56. The summed E-state index contributed by atoms with van der Waals surface area (Å²) in [5.74, 6) is 0.527. The van der Waals surface area contributed by atoms with Gasteiger partial charge in [0.2, 0.25) is 5.91 Å². The largest absolute Gasteiger partial charge is 0.495 e. The lowest BCUT2D eigenvalue weighted by Crippen LogP contribution is -2.26. The van der Waals surface area contributed by atoms with Gasteiger partial charge in [-0.1, -0.05) is 23.8 Å². The predicted molar refractivity (Wildman–Crippen MR) is 109 cm³/mol. The minimum atomic E-state index is -0.402. The Kier molecular flexibility index (Phi) is 7.56. The van der Waals surface area contributed by atoms with Crippen molar-refractivity contribution in [3.63, 3.8) is 0 Å². The van der Waals surface area contributed by atoms with Crippen molar-refractivity contribution in [2.45, 2.75) is 27.2 Å². The number of hydrogen-bond acceptors (Lipinski definition) is 5. The molecular formula is C21H25N3O4. The molecule has 0 heterocycles. The molecule has 0 fully saturated rings. The average molecular weight is 383 g/mol. The van der Waals surface area contributed by atoms with Crippen LogP contribution in [0.15, 0.2) is 47.6 Å². The normalized spacial score (nSPS) is 10.9. The van der Waals surface area contributed by atoms with Gasteiger partial charge in [0.05, 0.1) is 19.2 Å². The van der Waals surface area contributed by atoms with Gasteiger partial charge in [0.15, 0.2) is 6.61 Å². The van der Waals surface area contributed by atoms with Crippen molar-refractivity contribution in [2.24, 2.45) is 5.10 Å². The highest BCUT2D eigenvalue weighted by Gasteiger charge is 2.10. The molecular weight excluding hydrogens is 358 g/mol. The van der Waals surface area contributed by atoms with Crippen LogP contribution in [0, 0.1) is 13.8 Å². The molecule has 2 aromatic carbocycles. The fourth-order valence-electron chi connectivity index (χ4n) is 2.36. The Morgan fingerprint density at radius 1 is 1.00 bits per heavy atom. The second-order valence-corrected chi connectivity index (χ2v) is 6.41. The van der Waals surface area contributed by atoms with Crippen LogP contribution in [-0.2, 0) is 9.59 Å². The first-order chi connectivity index (χ1) is 13.4. The van der Waals surface area contributed by atoms with Gasteiger partial charge in [0, 0.05) is 5.71 Å². The topological polar surface area (TPSA) is 89.0 Å². The van der Waals surface area contributed by atoms with Gasteiger partial charge in [-0.05, 0) is 50.6 Å². The van der Waals surface area contributed by atoms with Crippen LogP contribution in [0.4, 0.5) is 5.69 Å². The van der Waals surface area contributed by atoms with E-state index in [1.54, 1.807) is 32.2 Å². The Hall–Kier alpha value is -3.35. The van der Waals surface area contributed by atoms with Crippen molar-refractivity contribution >= 4 is 23.2 Å². The average Bonchev–Trinajstić information content (AvgIpc) is 2.66.